The highest BCUT2D eigenvalue weighted by molar-refractivity contribution is 7.11. The molecule has 6 heteroatoms. The number of rotatable bonds is 5. The summed E-state index contributed by atoms with van der Waals surface area (Å²) in [6.45, 7) is 4.09. The normalized spacial score (nSPS) is 21.5. The number of aryl methyl sites for hydroxylation is 1. The summed E-state index contributed by atoms with van der Waals surface area (Å²) in [6.07, 6.45) is 3.02. The van der Waals surface area contributed by atoms with Gasteiger partial charge in [-0.1, -0.05) is 12.1 Å². The summed E-state index contributed by atoms with van der Waals surface area (Å²) in [6, 6.07) is 6.41. The lowest BCUT2D eigenvalue weighted by atomic mass is 9.96. The maximum Gasteiger partial charge on any atom is 0.165 e. The zero-order valence-electron chi connectivity index (χ0n) is 13.8. The summed E-state index contributed by atoms with van der Waals surface area (Å²) in [7, 11) is 0. The van der Waals surface area contributed by atoms with Gasteiger partial charge in [-0.2, -0.15) is 0 Å². The van der Waals surface area contributed by atoms with Gasteiger partial charge in [0.05, 0.1) is 12.3 Å². The number of hydrogen-bond acceptors (Lipinski definition) is 5. The molecule has 1 aromatic heterocycles. The maximum atomic E-state index is 13.6. The van der Waals surface area contributed by atoms with E-state index in [-0.39, 0.29) is 11.6 Å². The minimum Gasteiger partial charge on any atom is -0.490 e. The Morgan fingerprint density at radius 2 is 2.17 bits per heavy atom. The highest BCUT2D eigenvalue weighted by atomic mass is 32.1. The van der Waals surface area contributed by atoms with Crippen molar-refractivity contribution in [2.75, 3.05) is 19.7 Å². The van der Waals surface area contributed by atoms with E-state index in [9.17, 15) is 9.50 Å². The number of ether oxygens (including phenoxy) is 1. The monoisotopic (exact) mass is 350 g/mol. The largest absolute Gasteiger partial charge is 0.490 e. The lowest BCUT2D eigenvalue weighted by Crippen LogP contribution is -2.27. The fraction of sp³-hybridized carbons (Fsp3) is 0.500. The van der Waals surface area contributed by atoms with Gasteiger partial charge in [0, 0.05) is 11.3 Å². The first-order valence-corrected chi connectivity index (χ1v) is 9.17. The average Bonchev–Trinajstić information content (AvgIpc) is 2.79. The van der Waals surface area contributed by atoms with Gasteiger partial charge in [-0.25, -0.2) is 9.37 Å². The summed E-state index contributed by atoms with van der Waals surface area (Å²) in [4.78, 5) is 5.69. The van der Waals surface area contributed by atoms with Gasteiger partial charge in [0.2, 0.25) is 0 Å². The second kappa shape index (κ2) is 7.59. The zero-order chi connectivity index (χ0) is 17.0. The summed E-state index contributed by atoms with van der Waals surface area (Å²) in [5.41, 5.74) is 0.0987. The van der Waals surface area contributed by atoms with Gasteiger partial charge < -0.3 is 15.2 Å². The van der Waals surface area contributed by atoms with Gasteiger partial charge in [-0.05, 0) is 51.4 Å². The number of thiazole rings is 1. The average molecular weight is 350 g/mol. The molecule has 2 aromatic rings. The highest BCUT2D eigenvalue weighted by Gasteiger charge is 2.33. The molecule has 2 N–H and O–H groups in total. The van der Waals surface area contributed by atoms with Gasteiger partial charge in [0.1, 0.15) is 10.6 Å². The Bertz CT molecular complexity index is 681. The van der Waals surface area contributed by atoms with Crippen LogP contribution in [0.1, 0.15) is 34.8 Å². The van der Waals surface area contributed by atoms with Crippen molar-refractivity contribution in [2.24, 2.45) is 0 Å². The molecule has 0 radical (unpaired) electrons. The van der Waals surface area contributed by atoms with Crippen LogP contribution >= 0.6 is 11.3 Å². The second-order valence-corrected chi connectivity index (χ2v) is 7.28. The fourth-order valence-corrected chi connectivity index (χ4v) is 4.13. The van der Waals surface area contributed by atoms with E-state index in [1.807, 2.05) is 6.92 Å². The fourth-order valence-electron chi connectivity index (χ4n) is 2.94. The lowest BCUT2D eigenvalue weighted by molar-refractivity contribution is 0.0237. The molecule has 130 valence electrons. The molecule has 1 aliphatic rings. The number of aliphatic hydroxyl groups is 1. The molecule has 0 saturated carbocycles. The number of nitrogens with one attached hydrogen (secondary N) is 1. The maximum absolute atomic E-state index is 13.6. The van der Waals surface area contributed by atoms with E-state index >= 15 is 0 Å². The van der Waals surface area contributed by atoms with Crippen molar-refractivity contribution in [3.8, 4) is 5.75 Å². The van der Waals surface area contributed by atoms with Gasteiger partial charge in [0.15, 0.2) is 11.6 Å². The van der Waals surface area contributed by atoms with Crippen molar-refractivity contribution in [3.63, 3.8) is 0 Å². The van der Waals surface area contributed by atoms with Crippen molar-refractivity contribution < 1.29 is 14.2 Å². The molecule has 0 bridgehead atoms. The minimum absolute atomic E-state index is 0.272. The quantitative estimate of drug-likeness (QED) is 0.870. The lowest BCUT2D eigenvalue weighted by Gasteiger charge is -2.23. The van der Waals surface area contributed by atoms with Crippen molar-refractivity contribution in [3.05, 3.63) is 45.7 Å². The first-order chi connectivity index (χ1) is 11.6. The van der Waals surface area contributed by atoms with E-state index in [0.29, 0.717) is 19.4 Å². The molecule has 1 fully saturated rings. The molecule has 0 aliphatic carbocycles. The molecule has 3 rings (SSSR count). The molecule has 0 spiro atoms. The van der Waals surface area contributed by atoms with Gasteiger partial charge in [-0.3, -0.25) is 0 Å². The van der Waals surface area contributed by atoms with E-state index < -0.39 is 5.60 Å². The molecule has 0 amide bonds. The Kier molecular flexibility index (Phi) is 5.48. The molecule has 0 unspecified atom stereocenters. The van der Waals surface area contributed by atoms with Crippen LogP contribution in [0.5, 0.6) is 5.75 Å². The third-order valence-electron chi connectivity index (χ3n) is 4.37. The van der Waals surface area contributed by atoms with E-state index in [1.54, 1.807) is 29.5 Å². The first-order valence-electron chi connectivity index (χ1n) is 8.36. The van der Waals surface area contributed by atoms with Crippen LogP contribution in [-0.2, 0) is 12.0 Å². The van der Waals surface area contributed by atoms with Crippen LogP contribution in [0.15, 0.2) is 24.3 Å². The molecule has 1 aliphatic heterocycles. The Hall–Kier alpha value is -1.50. The van der Waals surface area contributed by atoms with Crippen LogP contribution in [-0.4, -0.2) is 29.8 Å². The molecule has 4 nitrogen and oxygen atoms in total. The van der Waals surface area contributed by atoms with Crippen LogP contribution in [0.4, 0.5) is 4.39 Å². The van der Waals surface area contributed by atoms with Crippen molar-refractivity contribution in [1.82, 2.24) is 10.3 Å². The third-order valence-corrected chi connectivity index (χ3v) is 5.78. The van der Waals surface area contributed by atoms with Crippen molar-refractivity contribution >= 4 is 11.3 Å². The number of para-hydroxylation sites is 1. The Labute approximate surface area is 145 Å². The van der Waals surface area contributed by atoms with Crippen LogP contribution in [0, 0.1) is 12.7 Å². The molecule has 1 atom stereocenters. The number of nitrogens with zero attached hydrogens (tertiary/aromatic N) is 1. The van der Waals surface area contributed by atoms with E-state index in [0.717, 1.165) is 41.5 Å². The number of benzene rings is 1. The topological polar surface area (TPSA) is 54.4 Å². The predicted octanol–water partition coefficient (Wildman–Crippen LogP) is 3.17. The first kappa shape index (κ1) is 17.3. The number of hydrogen-bond donors (Lipinski definition) is 2. The van der Waals surface area contributed by atoms with E-state index in [2.05, 4.69) is 10.3 Å². The van der Waals surface area contributed by atoms with Crippen LogP contribution < -0.4 is 10.1 Å². The molecular formula is C18H23FN2O2S. The van der Waals surface area contributed by atoms with Crippen LogP contribution in [0.3, 0.4) is 0 Å². The minimum atomic E-state index is -0.830. The van der Waals surface area contributed by atoms with E-state index in [1.165, 1.54) is 6.07 Å². The molecular weight excluding hydrogens is 327 g/mol. The summed E-state index contributed by atoms with van der Waals surface area (Å²) in [5.74, 6) is -0.0761. The standard InChI is InChI=1S/C18H23FN2O2S/c1-13-16(7-12-23-15-6-3-2-5-14(15)19)24-17(21-13)18(22)8-4-10-20-11-9-18/h2-3,5-6,20,22H,4,7-12H2,1H3/t18-/m1/s1. The summed E-state index contributed by atoms with van der Waals surface area (Å²) < 4.78 is 19.1. The van der Waals surface area contributed by atoms with Crippen LogP contribution in [0.2, 0.25) is 0 Å². The summed E-state index contributed by atoms with van der Waals surface area (Å²) >= 11 is 1.55. The Morgan fingerprint density at radius 1 is 1.33 bits per heavy atom. The molecule has 1 saturated heterocycles. The van der Waals surface area contributed by atoms with Gasteiger partial charge in [-0.15, -0.1) is 11.3 Å². The number of halogens is 1. The van der Waals surface area contributed by atoms with E-state index in [4.69, 9.17) is 4.74 Å². The third kappa shape index (κ3) is 3.94. The summed E-state index contributed by atoms with van der Waals surface area (Å²) in [5, 5.41) is 15.0. The van der Waals surface area contributed by atoms with Crippen molar-refractivity contribution in [2.45, 2.75) is 38.2 Å². The highest BCUT2D eigenvalue weighted by Crippen LogP contribution is 2.35. The van der Waals surface area contributed by atoms with Crippen molar-refractivity contribution in [1.29, 1.82) is 0 Å². The Balaban J connectivity index is 1.65. The Morgan fingerprint density at radius 3 is 3.00 bits per heavy atom. The zero-order valence-corrected chi connectivity index (χ0v) is 14.7. The SMILES string of the molecule is Cc1nc([C@@]2(O)CCCNCC2)sc1CCOc1ccccc1F. The number of aromatic nitrogens is 1. The molecule has 24 heavy (non-hydrogen) atoms. The second-order valence-electron chi connectivity index (χ2n) is 6.19. The predicted molar refractivity (Wildman–Crippen MR) is 93.1 cm³/mol. The molecule has 2 heterocycles. The molecule has 1 aromatic carbocycles. The van der Waals surface area contributed by atoms with Crippen LogP contribution in [0.25, 0.3) is 0 Å². The smallest absolute Gasteiger partial charge is 0.165 e. The van der Waals surface area contributed by atoms with Gasteiger partial charge in [0.25, 0.3) is 0 Å². The van der Waals surface area contributed by atoms with Gasteiger partial charge >= 0.3 is 0 Å².